The zero-order chi connectivity index (χ0) is 14.4. The zero-order valence-corrected chi connectivity index (χ0v) is 11.4. The second kappa shape index (κ2) is 6.48. The van der Waals surface area contributed by atoms with Crippen LogP contribution in [0.5, 0.6) is 0 Å². The topological polar surface area (TPSA) is 74.9 Å². The smallest absolute Gasteiger partial charge is 0.313 e. The summed E-state index contributed by atoms with van der Waals surface area (Å²) in [5.41, 5.74) is 0.505. The number of rotatable bonds is 5. The van der Waals surface area contributed by atoms with Gasteiger partial charge in [-0.25, -0.2) is 9.98 Å². The van der Waals surface area contributed by atoms with Crippen LogP contribution in [-0.4, -0.2) is 54.2 Å². The van der Waals surface area contributed by atoms with Gasteiger partial charge in [-0.2, -0.15) is 0 Å². The summed E-state index contributed by atoms with van der Waals surface area (Å²) in [5.74, 6) is 0.0969. The molecule has 7 heteroatoms. The summed E-state index contributed by atoms with van der Waals surface area (Å²) < 4.78 is 0. The minimum Gasteiger partial charge on any atom is -0.383 e. The fraction of sp³-hybridized carbons (Fsp3) is 0.333. The molecule has 0 amide bonds. The first-order chi connectivity index (χ1) is 8.90. The van der Waals surface area contributed by atoms with E-state index in [0.29, 0.717) is 5.69 Å². The maximum absolute atomic E-state index is 10.9. The van der Waals surface area contributed by atoms with E-state index in [9.17, 15) is 10.1 Å². The number of pyridine rings is 1. The average Bonchev–Trinajstić information content (AvgIpc) is 2.33. The van der Waals surface area contributed by atoms with Crippen LogP contribution < -0.4 is 0 Å². The second-order valence-corrected chi connectivity index (χ2v) is 4.32. The summed E-state index contributed by atoms with van der Waals surface area (Å²) in [6.45, 7) is 0. The molecule has 102 valence electrons. The van der Waals surface area contributed by atoms with Crippen molar-refractivity contribution >= 4 is 23.9 Å². The fourth-order valence-electron chi connectivity index (χ4n) is 1.18. The van der Waals surface area contributed by atoms with Gasteiger partial charge in [-0.15, -0.1) is 0 Å². The Bertz CT molecular complexity index is 509. The molecule has 1 rings (SSSR count). The predicted octanol–water partition coefficient (Wildman–Crippen LogP) is 1.74. The highest BCUT2D eigenvalue weighted by Gasteiger charge is 2.14. The first-order valence-electron chi connectivity index (χ1n) is 5.61. The Morgan fingerprint density at radius 2 is 1.95 bits per heavy atom. The second-order valence-electron chi connectivity index (χ2n) is 4.32. The van der Waals surface area contributed by atoms with Crippen molar-refractivity contribution < 1.29 is 4.92 Å². The lowest BCUT2D eigenvalue weighted by Gasteiger charge is -2.04. The van der Waals surface area contributed by atoms with E-state index in [0.717, 1.165) is 0 Å². The molecule has 1 aromatic rings. The number of aromatic nitrogens is 1. The predicted molar refractivity (Wildman–Crippen MR) is 75.5 cm³/mol. The van der Waals surface area contributed by atoms with E-state index in [-0.39, 0.29) is 11.5 Å². The van der Waals surface area contributed by atoms with Crippen molar-refractivity contribution in [3.63, 3.8) is 0 Å². The lowest BCUT2D eigenvalue weighted by Crippen LogP contribution is -2.07. The Balaban J connectivity index is 3.14. The van der Waals surface area contributed by atoms with Crippen molar-refractivity contribution in [3.8, 4) is 0 Å². The lowest BCUT2D eigenvalue weighted by molar-refractivity contribution is -0.384. The lowest BCUT2D eigenvalue weighted by atomic mass is 10.3. The number of hydrogen-bond acceptors (Lipinski definition) is 5. The zero-order valence-electron chi connectivity index (χ0n) is 11.4. The number of aliphatic imine (C=N–C) groups is 1. The number of hydrogen-bond donors (Lipinski definition) is 0. The molecule has 0 atom stereocenters. The van der Waals surface area contributed by atoms with Gasteiger partial charge in [0.05, 0.1) is 17.0 Å². The Hall–Kier alpha value is -2.44. The van der Waals surface area contributed by atoms with E-state index in [4.69, 9.17) is 0 Å². The van der Waals surface area contributed by atoms with Gasteiger partial charge in [0, 0.05) is 40.5 Å². The van der Waals surface area contributed by atoms with Crippen LogP contribution in [0.4, 0.5) is 11.5 Å². The van der Waals surface area contributed by atoms with E-state index in [2.05, 4.69) is 9.98 Å². The van der Waals surface area contributed by atoms with Gasteiger partial charge in [0.15, 0.2) is 0 Å². The largest absolute Gasteiger partial charge is 0.383 e. The van der Waals surface area contributed by atoms with Gasteiger partial charge in [0.25, 0.3) is 0 Å². The Morgan fingerprint density at radius 1 is 1.26 bits per heavy atom. The summed E-state index contributed by atoms with van der Waals surface area (Å²) in [4.78, 5) is 22.1. The third-order valence-electron chi connectivity index (χ3n) is 2.03. The van der Waals surface area contributed by atoms with E-state index < -0.39 is 4.92 Å². The summed E-state index contributed by atoms with van der Waals surface area (Å²) in [7, 11) is 7.33. The van der Waals surface area contributed by atoms with Crippen LogP contribution >= 0.6 is 0 Å². The van der Waals surface area contributed by atoms with Crippen molar-refractivity contribution in [2.45, 2.75) is 0 Å². The van der Waals surface area contributed by atoms with Crippen LogP contribution in [0, 0.1) is 10.1 Å². The quantitative estimate of drug-likeness (QED) is 0.350. The Morgan fingerprint density at radius 3 is 2.47 bits per heavy atom. The molecule has 0 aliphatic carbocycles. The van der Waals surface area contributed by atoms with Gasteiger partial charge in [-0.1, -0.05) is 0 Å². The molecule has 7 nitrogen and oxygen atoms in total. The highest BCUT2D eigenvalue weighted by Crippen LogP contribution is 2.25. The van der Waals surface area contributed by atoms with Gasteiger partial charge in [-0.05, 0) is 12.1 Å². The monoisotopic (exact) mass is 263 g/mol. The van der Waals surface area contributed by atoms with Crippen molar-refractivity contribution in [1.29, 1.82) is 0 Å². The van der Waals surface area contributed by atoms with Crippen LogP contribution in [0.1, 0.15) is 5.69 Å². The van der Waals surface area contributed by atoms with E-state index >= 15 is 0 Å². The van der Waals surface area contributed by atoms with E-state index in [1.54, 1.807) is 31.1 Å². The third kappa shape index (κ3) is 4.74. The van der Waals surface area contributed by atoms with Crippen LogP contribution in [0.25, 0.3) is 6.08 Å². The van der Waals surface area contributed by atoms with Crippen LogP contribution in [0.15, 0.2) is 23.3 Å². The van der Waals surface area contributed by atoms with Gasteiger partial charge in [-0.3, -0.25) is 10.1 Å². The average molecular weight is 263 g/mol. The first kappa shape index (κ1) is 14.6. The molecule has 0 saturated carbocycles. The van der Waals surface area contributed by atoms with Crippen molar-refractivity contribution in [1.82, 2.24) is 14.8 Å². The molecular weight excluding hydrogens is 246 g/mol. The highest BCUT2D eigenvalue weighted by atomic mass is 16.6. The maximum Gasteiger partial charge on any atom is 0.313 e. The van der Waals surface area contributed by atoms with Crippen LogP contribution in [-0.2, 0) is 0 Å². The molecule has 1 aromatic heterocycles. The maximum atomic E-state index is 10.9. The van der Waals surface area contributed by atoms with Crippen molar-refractivity contribution in [2.24, 2.45) is 4.99 Å². The summed E-state index contributed by atoms with van der Waals surface area (Å²) >= 11 is 0. The minimum atomic E-state index is -0.491. The molecule has 0 radical (unpaired) electrons. The molecule has 0 bridgehead atoms. The summed E-state index contributed by atoms with van der Waals surface area (Å²) in [6, 6.07) is 3.00. The highest BCUT2D eigenvalue weighted by molar-refractivity contribution is 5.65. The molecule has 0 saturated heterocycles. The SMILES string of the molecule is CN(C)/C=N\c1nc(/C=C/N(C)C)ccc1[N+](=O)[O-]. The van der Waals surface area contributed by atoms with Gasteiger partial charge in [0.1, 0.15) is 0 Å². The molecule has 0 aliphatic heterocycles. The van der Waals surface area contributed by atoms with E-state index in [1.165, 1.54) is 12.4 Å². The molecular formula is C12H17N5O2. The molecule has 0 fully saturated rings. The minimum absolute atomic E-state index is 0.0969. The van der Waals surface area contributed by atoms with Gasteiger partial charge >= 0.3 is 5.69 Å². The van der Waals surface area contributed by atoms with Crippen molar-refractivity contribution in [3.05, 3.63) is 34.1 Å². The van der Waals surface area contributed by atoms with Crippen LogP contribution in [0.3, 0.4) is 0 Å². The summed E-state index contributed by atoms with van der Waals surface area (Å²) in [5, 5.41) is 10.9. The fourth-order valence-corrected chi connectivity index (χ4v) is 1.18. The van der Waals surface area contributed by atoms with Gasteiger partial charge < -0.3 is 9.80 Å². The Kier molecular flexibility index (Phi) is 4.99. The molecule has 0 spiro atoms. The normalized spacial score (nSPS) is 11.2. The third-order valence-corrected chi connectivity index (χ3v) is 2.03. The number of nitro groups is 1. The number of nitrogens with zero attached hydrogens (tertiary/aromatic N) is 5. The Labute approximate surface area is 112 Å². The molecule has 0 unspecified atom stereocenters. The summed E-state index contributed by atoms with van der Waals surface area (Å²) in [6.07, 6.45) is 5.06. The standard InChI is InChI=1S/C12H17N5O2/c1-15(2)8-7-10-5-6-11(17(18)19)12(14-10)13-9-16(3)4/h5-9H,1-4H3/b8-7+,13-9-. The van der Waals surface area contributed by atoms with Crippen molar-refractivity contribution in [2.75, 3.05) is 28.2 Å². The van der Waals surface area contributed by atoms with E-state index in [1.807, 2.05) is 25.2 Å². The molecule has 0 N–H and O–H groups in total. The first-order valence-corrected chi connectivity index (χ1v) is 5.61. The molecule has 19 heavy (non-hydrogen) atoms. The molecule has 0 aliphatic rings. The van der Waals surface area contributed by atoms with Gasteiger partial charge in [0.2, 0.25) is 5.82 Å². The molecule has 0 aromatic carbocycles. The molecule has 1 heterocycles. The van der Waals surface area contributed by atoms with Crippen LogP contribution in [0.2, 0.25) is 0 Å².